The lowest BCUT2D eigenvalue weighted by Gasteiger charge is -2.34. The van der Waals surface area contributed by atoms with Crippen molar-refractivity contribution in [3.63, 3.8) is 0 Å². The number of anilines is 1. The average molecular weight is 344 g/mol. The van der Waals surface area contributed by atoms with Crippen molar-refractivity contribution in [1.82, 2.24) is 14.5 Å². The fourth-order valence-electron chi connectivity index (χ4n) is 3.23. The minimum absolute atomic E-state index is 0.191. The van der Waals surface area contributed by atoms with E-state index in [0.717, 1.165) is 37.6 Å². The number of aliphatic hydroxyl groups is 1. The first kappa shape index (κ1) is 17.4. The van der Waals surface area contributed by atoms with Crippen LogP contribution in [0.5, 0.6) is 0 Å². The summed E-state index contributed by atoms with van der Waals surface area (Å²) in [5, 5.41) is 10.6. The molecule has 25 heavy (non-hydrogen) atoms. The first-order valence-electron chi connectivity index (χ1n) is 8.63. The molecule has 3 heterocycles. The highest BCUT2D eigenvalue weighted by atomic mass is 16.5. The van der Waals surface area contributed by atoms with E-state index in [1.807, 2.05) is 23.9 Å². The number of hydrogen-bond acceptors (Lipinski definition) is 6. The van der Waals surface area contributed by atoms with Gasteiger partial charge in [-0.05, 0) is 37.8 Å². The highest BCUT2D eigenvalue weighted by Gasteiger charge is 2.28. The van der Waals surface area contributed by atoms with Crippen molar-refractivity contribution in [1.29, 1.82) is 0 Å². The van der Waals surface area contributed by atoms with Crippen LogP contribution in [0.2, 0.25) is 0 Å². The molecule has 2 aromatic rings. The van der Waals surface area contributed by atoms with Crippen molar-refractivity contribution in [3.8, 4) is 0 Å². The van der Waals surface area contributed by atoms with Gasteiger partial charge in [0.05, 0.1) is 12.2 Å². The summed E-state index contributed by atoms with van der Waals surface area (Å²) >= 11 is 0. The number of carbonyl (C=O) groups is 1. The Kier molecular flexibility index (Phi) is 5.33. The lowest BCUT2D eigenvalue weighted by molar-refractivity contribution is 0.0526. The summed E-state index contributed by atoms with van der Waals surface area (Å²) in [6.07, 6.45) is 6.32. The predicted molar refractivity (Wildman–Crippen MR) is 93.3 cm³/mol. The standard InChI is InChI=1S/C18H24N4O3/c1-3-25-18(24)14-4-5-15(20-12-14)22-9-6-13(7-10-22)16(23)17-19-8-11-21(17)2/h4-5,8,11-13,16,23H,3,6-7,9-10H2,1-2H3. The fourth-order valence-corrected chi connectivity index (χ4v) is 3.23. The van der Waals surface area contributed by atoms with E-state index in [1.165, 1.54) is 0 Å². The summed E-state index contributed by atoms with van der Waals surface area (Å²) in [5.74, 6) is 1.41. The lowest BCUT2D eigenvalue weighted by Crippen LogP contribution is -2.36. The van der Waals surface area contributed by atoms with Gasteiger partial charge in [0.2, 0.25) is 0 Å². The Morgan fingerprint density at radius 3 is 2.68 bits per heavy atom. The predicted octanol–water partition coefficient (Wildman–Crippen LogP) is 1.94. The third-order valence-electron chi connectivity index (χ3n) is 4.69. The number of carbonyl (C=O) groups excluding carboxylic acids is 1. The van der Waals surface area contributed by atoms with Gasteiger partial charge in [-0.2, -0.15) is 0 Å². The van der Waals surface area contributed by atoms with Crippen LogP contribution in [0.15, 0.2) is 30.7 Å². The number of piperidine rings is 1. The van der Waals surface area contributed by atoms with Crippen molar-refractivity contribution in [3.05, 3.63) is 42.1 Å². The molecule has 1 aliphatic heterocycles. The Balaban J connectivity index is 1.59. The minimum atomic E-state index is -0.540. The molecule has 1 fully saturated rings. The highest BCUT2D eigenvalue weighted by molar-refractivity contribution is 5.89. The second-order valence-corrected chi connectivity index (χ2v) is 6.29. The van der Waals surface area contributed by atoms with E-state index in [2.05, 4.69) is 14.9 Å². The number of rotatable bonds is 5. The summed E-state index contributed by atoms with van der Waals surface area (Å²) in [5.41, 5.74) is 0.464. The van der Waals surface area contributed by atoms with E-state index in [0.29, 0.717) is 12.2 Å². The molecule has 7 nitrogen and oxygen atoms in total. The molecule has 134 valence electrons. The topological polar surface area (TPSA) is 80.5 Å². The monoisotopic (exact) mass is 344 g/mol. The van der Waals surface area contributed by atoms with Gasteiger partial charge in [0.25, 0.3) is 0 Å². The Hall–Kier alpha value is -2.41. The number of hydrogen-bond donors (Lipinski definition) is 1. The van der Waals surface area contributed by atoms with Crippen LogP contribution in [-0.2, 0) is 11.8 Å². The van der Waals surface area contributed by atoms with Gasteiger partial charge >= 0.3 is 5.97 Å². The van der Waals surface area contributed by atoms with Crippen molar-refractivity contribution in [2.45, 2.75) is 25.9 Å². The Labute approximate surface area is 147 Å². The molecule has 1 saturated heterocycles. The van der Waals surface area contributed by atoms with E-state index in [1.54, 1.807) is 25.4 Å². The second-order valence-electron chi connectivity index (χ2n) is 6.29. The largest absolute Gasteiger partial charge is 0.462 e. The molecule has 1 atom stereocenters. The van der Waals surface area contributed by atoms with Gasteiger partial charge in [0, 0.05) is 38.7 Å². The molecule has 7 heteroatoms. The number of imidazole rings is 1. The molecule has 0 aromatic carbocycles. The van der Waals surface area contributed by atoms with Crippen LogP contribution in [0, 0.1) is 5.92 Å². The highest BCUT2D eigenvalue weighted by Crippen LogP contribution is 2.31. The van der Waals surface area contributed by atoms with Crippen molar-refractivity contribution in [2.24, 2.45) is 13.0 Å². The zero-order chi connectivity index (χ0) is 17.8. The molecule has 0 amide bonds. The van der Waals surface area contributed by atoms with Gasteiger partial charge in [0.1, 0.15) is 17.7 Å². The molecule has 0 spiro atoms. The fraction of sp³-hybridized carbons (Fsp3) is 0.500. The number of pyridine rings is 1. The summed E-state index contributed by atoms with van der Waals surface area (Å²) in [6.45, 7) is 3.77. The van der Waals surface area contributed by atoms with E-state index in [9.17, 15) is 9.90 Å². The molecule has 0 bridgehead atoms. The van der Waals surface area contributed by atoms with Crippen LogP contribution in [0.1, 0.15) is 42.1 Å². The first-order valence-corrected chi connectivity index (χ1v) is 8.63. The van der Waals surface area contributed by atoms with Crippen molar-refractivity contribution in [2.75, 3.05) is 24.6 Å². The van der Waals surface area contributed by atoms with E-state index in [-0.39, 0.29) is 11.9 Å². The molecule has 0 aliphatic carbocycles. The average Bonchev–Trinajstić information content (AvgIpc) is 3.07. The molecule has 1 aliphatic rings. The van der Waals surface area contributed by atoms with Crippen LogP contribution < -0.4 is 4.90 Å². The SMILES string of the molecule is CCOC(=O)c1ccc(N2CCC(C(O)c3nccn3C)CC2)nc1. The summed E-state index contributed by atoms with van der Waals surface area (Å²) in [7, 11) is 1.90. The normalized spacial score (nSPS) is 16.7. The quantitative estimate of drug-likeness (QED) is 0.835. The number of esters is 1. The molecule has 0 radical (unpaired) electrons. The van der Waals surface area contributed by atoms with Crippen LogP contribution in [0.4, 0.5) is 5.82 Å². The van der Waals surface area contributed by atoms with Crippen LogP contribution in [0.25, 0.3) is 0 Å². The van der Waals surface area contributed by atoms with Gasteiger partial charge in [-0.25, -0.2) is 14.8 Å². The lowest BCUT2D eigenvalue weighted by atomic mass is 9.90. The smallest absolute Gasteiger partial charge is 0.339 e. The number of nitrogens with zero attached hydrogens (tertiary/aromatic N) is 4. The number of aromatic nitrogens is 3. The summed E-state index contributed by atoms with van der Waals surface area (Å²) in [4.78, 5) is 22.5. The third kappa shape index (κ3) is 3.82. The van der Waals surface area contributed by atoms with E-state index >= 15 is 0 Å². The van der Waals surface area contributed by atoms with Gasteiger partial charge < -0.3 is 19.3 Å². The number of aryl methyl sites for hydroxylation is 1. The molecular formula is C18H24N4O3. The van der Waals surface area contributed by atoms with Crippen LogP contribution in [-0.4, -0.2) is 45.3 Å². The van der Waals surface area contributed by atoms with E-state index < -0.39 is 6.10 Å². The maximum Gasteiger partial charge on any atom is 0.339 e. The van der Waals surface area contributed by atoms with Crippen LogP contribution >= 0.6 is 0 Å². The molecular weight excluding hydrogens is 320 g/mol. The summed E-state index contributed by atoms with van der Waals surface area (Å²) in [6, 6.07) is 3.59. The zero-order valence-corrected chi connectivity index (χ0v) is 14.6. The Bertz CT molecular complexity index is 705. The zero-order valence-electron chi connectivity index (χ0n) is 14.6. The Morgan fingerprint density at radius 1 is 1.36 bits per heavy atom. The van der Waals surface area contributed by atoms with Crippen molar-refractivity contribution < 1.29 is 14.6 Å². The number of ether oxygens (including phenoxy) is 1. The first-order chi connectivity index (χ1) is 12.1. The van der Waals surface area contributed by atoms with Crippen molar-refractivity contribution >= 4 is 11.8 Å². The maximum absolute atomic E-state index is 11.7. The van der Waals surface area contributed by atoms with E-state index in [4.69, 9.17) is 4.74 Å². The minimum Gasteiger partial charge on any atom is -0.462 e. The number of aliphatic hydroxyl groups excluding tert-OH is 1. The Morgan fingerprint density at radius 2 is 2.12 bits per heavy atom. The molecule has 1 N–H and O–H groups in total. The van der Waals surface area contributed by atoms with Gasteiger partial charge in [-0.1, -0.05) is 0 Å². The molecule has 1 unspecified atom stereocenters. The molecule has 3 rings (SSSR count). The third-order valence-corrected chi connectivity index (χ3v) is 4.69. The molecule has 2 aromatic heterocycles. The van der Waals surface area contributed by atoms with Gasteiger partial charge in [0.15, 0.2) is 0 Å². The molecule has 0 saturated carbocycles. The second kappa shape index (κ2) is 7.65. The maximum atomic E-state index is 11.7. The van der Waals surface area contributed by atoms with Gasteiger partial charge in [-0.3, -0.25) is 0 Å². The van der Waals surface area contributed by atoms with Crippen LogP contribution in [0.3, 0.4) is 0 Å². The summed E-state index contributed by atoms with van der Waals surface area (Å²) < 4.78 is 6.84. The van der Waals surface area contributed by atoms with Gasteiger partial charge in [-0.15, -0.1) is 0 Å².